The number of halogens is 3. The van der Waals surface area contributed by atoms with E-state index in [0.29, 0.717) is 23.4 Å². The van der Waals surface area contributed by atoms with Crippen LogP contribution in [0.15, 0.2) is 72.8 Å². The summed E-state index contributed by atoms with van der Waals surface area (Å²) in [6.45, 7) is 0.0184. The molecule has 0 spiro atoms. The van der Waals surface area contributed by atoms with E-state index in [9.17, 15) is 18.0 Å². The summed E-state index contributed by atoms with van der Waals surface area (Å²) in [5, 5.41) is 11.8. The minimum absolute atomic E-state index is 0.257. The van der Waals surface area contributed by atoms with Crippen LogP contribution in [0.5, 0.6) is 11.5 Å². The van der Waals surface area contributed by atoms with Crippen molar-refractivity contribution in [3.63, 3.8) is 0 Å². The van der Waals surface area contributed by atoms with E-state index in [1.807, 2.05) is 6.07 Å². The van der Waals surface area contributed by atoms with E-state index >= 15 is 0 Å². The Morgan fingerprint density at radius 2 is 1.70 bits per heavy atom. The highest BCUT2D eigenvalue weighted by Crippen LogP contribution is 2.34. The fraction of sp³-hybridized carbons (Fsp3) is 0.136. The first-order valence-corrected chi connectivity index (χ1v) is 8.93. The van der Waals surface area contributed by atoms with Crippen molar-refractivity contribution in [2.75, 3.05) is 11.9 Å². The minimum Gasteiger partial charge on any atom is -0.482 e. The van der Waals surface area contributed by atoms with Gasteiger partial charge in [-0.05, 0) is 47.5 Å². The molecule has 0 fully saturated rings. The maximum atomic E-state index is 12.7. The number of aliphatic carboxylic acids is 1. The van der Waals surface area contributed by atoms with Gasteiger partial charge >= 0.3 is 12.3 Å². The predicted octanol–water partition coefficient (Wildman–Crippen LogP) is 5.33. The first-order valence-electron chi connectivity index (χ1n) is 8.93. The van der Waals surface area contributed by atoms with Gasteiger partial charge in [-0.15, -0.1) is 13.2 Å². The van der Waals surface area contributed by atoms with Crippen molar-refractivity contribution >= 4 is 11.7 Å². The molecule has 0 unspecified atom stereocenters. The maximum Gasteiger partial charge on any atom is 0.573 e. The third-order valence-corrected chi connectivity index (χ3v) is 4.06. The Morgan fingerprint density at radius 1 is 0.967 bits per heavy atom. The minimum atomic E-state index is -4.77. The Bertz CT molecular complexity index is 1000. The van der Waals surface area contributed by atoms with Crippen LogP contribution in [0, 0.1) is 0 Å². The molecule has 0 saturated carbocycles. The van der Waals surface area contributed by atoms with Crippen LogP contribution in [-0.2, 0) is 11.3 Å². The average Bonchev–Trinajstić information content (AvgIpc) is 2.71. The lowest BCUT2D eigenvalue weighted by molar-refractivity contribution is -0.274. The zero-order valence-electron chi connectivity index (χ0n) is 15.6. The Hall–Kier alpha value is -3.68. The van der Waals surface area contributed by atoms with Crippen LogP contribution in [0.3, 0.4) is 0 Å². The number of carboxylic acids is 1. The molecule has 0 saturated heterocycles. The molecule has 0 aliphatic rings. The third kappa shape index (κ3) is 6.16. The summed E-state index contributed by atoms with van der Waals surface area (Å²) >= 11 is 0. The molecule has 0 radical (unpaired) electrons. The molecule has 0 bridgehead atoms. The quantitative estimate of drug-likeness (QED) is 0.519. The van der Waals surface area contributed by atoms with Crippen LogP contribution >= 0.6 is 0 Å². The molecule has 3 rings (SSSR count). The van der Waals surface area contributed by atoms with Gasteiger partial charge in [0, 0.05) is 17.8 Å². The van der Waals surface area contributed by atoms with E-state index in [2.05, 4.69) is 10.1 Å². The first-order chi connectivity index (χ1) is 14.3. The van der Waals surface area contributed by atoms with Crippen molar-refractivity contribution in [1.82, 2.24) is 0 Å². The molecule has 3 aromatic carbocycles. The van der Waals surface area contributed by atoms with Gasteiger partial charge in [-0.2, -0.15) is 0 Å². The SMILES string of the molecule is O=C(O)COc1ccc(NCc2cccc(-c3ccccc3OC(F)(F)F)c2)cc1. The van der Waals surface area contributed by atoms with Crippen molar-refractivity contribution in [1.29, 1.82) is 0 Å². The van der Waals surface area contributed by atoms with Gasteiger partial charge in [-0.25, -0.2) is 4.79 Å². The Labute approximate surface area is 170 Å². The van der Waals surface area contributed by atoms with Crippen molar-refractivity contribution in [3.05, 3.63) is 78.4 Å². The van der Waals surface area contributed by atoms with E-state index < -0.39 is 18.9 Å². The molecule has 0 aliphatic heterocycles. The number of ether oxygens (including phenoxy) is 2. The number of hydrogen-bond donors (Lipinski definition) is 2. The molecule has 3 aromatic rings. The molecule has 156 valence electrons. The van der Waals surface area contributed by atoms with Gasteiger partial charge < -0.3 is 19.9 Å². The normalized spacial score (nSPS) is 11.0. The predicted molar refractivity (Wildman–Crippen MR) is 105 cm³/mol. The highest BCUT2D eigenvalue weighted by molar-refractivity contribution is 5.71. The van der Waals surface area contributed by atoms with Crippen LogP contribution < -0.4 is 14.8 Å². The van der Waals surface area contributed by atoms with Gasteiger partial charge in [-0.1, -0.05) is 36.4 Å². The lowest BCUT2D eigenvalue weighted by atomic mass is 10.0. The lowest BCUT2D eigenvalue weighted by Gasteiger charge is -2.14. The van der Waals surface area contributed by atoms with Crippen LogP contribution in [0.1, 0.15) is 5.56 Å². The third-order valence-electron chi connectivity index (χ3n) is 4.06. The summed E-state index contributed by atoms with van der Waals surface area (Å²) in [5.74, 6) is -0.877. The number of carbonyl (C=O) groups is 1. The van der Waals surface area contributed by atoms with Crippen LogP contribution in [0.4, 0.5) is 18.9 Å². The number of hydrogen-bond acceptors (Lipinski definition) is 4. The van der Waals surface area contributed by atoms with Crippen LogP contribution in [-0.4, -0.2) is 24.0 Å². The molecule has 0 aromatic heterocycles. The number of benzene rings is 3. The molecule has 0 aliphatic carbocycles. The number of alkyl halides is 3. The monoisotopic (exact) mass is 417 g/mol. The molecular formula is C22H18F3NO4. The Kier molecular flexibility index (Phi) is 6.46. The smallest absolute Gasteiger partial charge is 0.482 e. The highest BCUT2D eigenvalue weighted by Gasteiger charge is 2.32. The summed E-state index contributed by atoms with van der Waals surface area (Å²) < 4.78 is 47.2. The van der Waals surface area contributed by atoms with E-state index in [4.69, 9.17) is 9.84 Å². The summed E-state index contributed by atoms with van der Waals surface area (Å²) in [4.78, 5) is 10.5. The largest absolute Gasteiger partial charge is 0.573 e. The fourth-order valence-electron chi connectivity index (χ4n) is 2.79. The molecule has 2 N–H and O–H groups in total. The van der Waals surface area contributed by atoms with E-state index in [-0.39, 0.29) is 5.75 Å². The zero-order valence-corrected chi connectivity index (χ0v) is 15.6. The fourth-order valence-corrected chi connectivity index (χ4v) is 2.79. The molecule has 0 amide bonds. The topological polar surface area (TPSA) is 67.8 Å². The lowest BCUT2D eigenvalue weighted by Crippen LogP contribution is -2.17. The molecule has 0 heterocycles. The molecular weight excluding hydrogens is 399 g/mol. The Balaban J connectivity index is 1.69. The number of anilines is 1. The Morgan fingerprint density at radius 3 is 2.40 bits per heavy atom. The van der Waals surface area contributed by atoms with Crippen LogP contribution in [0.2, 0.25) is 0 Å². The van der Waals surface area contributed by atoms with Crippen molar-refractivity contribution in [2.24, 2.45) is 0 Å². The average molecular weight is 417 g/mol. The molecule has 8 heteroatoms. The first kappa shape index (κ1) is 21.0. The van der Waals surface area contributed by atoms with E-state index in [0.717, 1.165) is 11.3 Å². The summed E-state index contributed by atoms with van der Waals surface area (Å²) in [6.07, 6.45) is -4.77. The molecule has 0 atom stereocenters. The van der Waals surface area contributed by atoms with Gasteiger partial charge in [0.15, 0.2) is 6.61 Å². The second-order valence-electron chi connectivity index (χ2n) is 6.30. The van der Waals surface area contributed by atoms with E-state index in [1.54, 1.807) is 54.6 Å². The standard InChI is InChI=1S/C22H18F3NO4/c23-22(24,25)30-20-7-2-1-6-19(20)16-5-3-4-15(12-16)13-26-17-8-10-18(11-9-17)29-14-21(27)28/h1-12,26H,13-14H2,(H,27,28). The van der Waals surface area contributed by atoms with Crippen molar-refractivity contribution < 1.29 is 32.5 Å². The van der Waals surface area contributed by atoms with Crippen LogP contribution in [0.25, 0.3) is 11.1 Å². The van der Waals surface area contributed by atoms with Crippen molar-refractivity contribution in [3.8, 4) is 22.6 Å². The second kappa shape index (κ2) is 9.21. The van der Waals surface area contributed by atoms with E-state index in [1.165, 1.54) is 12.1 Å². The van der Waals surface area contributed by atoms with Gasteiger partial charge in [0.2, 0.25) is 0 Å². The van der Waals surface area contributed by atoms with Gasteiger partial charge in [0.1, 0.15) is 11.5 Å². The number of rotatable bonds is 8. The van der Waals surface area contributed by atoms with Gasteiger partial charge in [0.25, 0.3) is 0 Å². The summed E-state index contributed by atoms with van der Waals surface area (Å²) in [5.41, 5.74) is 2.59. The summed E-state index contributed by atoms with van der Waals surface area (Å²) in [7, 11) is 0. The van der Waals surface area contributed by atoms with Gasteiger partial charge in [-0.3, -0.25) is 0 Å². The molecule has 30 heavy (non-hydrogen) atoms. The van der Waals surface area contributed by atoms with Gasteiger partial charge in [0.05, 0.1) is 0 Å². The highest BCUT2D eigenvalue weighted by atomic mass is 19.4. The second-order valence-corrected chi connectivity index (χ2v) is 6.30. The maximum absolute atomic E-state index is 12.7. The van der Waals surface area contributed by atoms with Crippen molar-refractivity contribution in [2.45, 2.75) is 12.9 Å². The number of para-hydroxylation sites is 1. The summed E-state index contributed by atoms with van der Waals surface area (Å²) in [6, 6.07) is 19.9. The zero-order chi connectivity index (χ0) is 21.6. The number of nitrogens with one attached hydrogen (secondary N) is 1. The number of carboxylic acid groups (broad SMARTS) is 1. The molecule has 5 nitrogen and oxygen atoms in total.